The summed E-state index contributed by atoms with van der Waals surface area (Å²) in [5.74, 6) is -1.60. The molecular weight excluding hydrogens is 280 g/mol. The van der Waals surface area contributed by atoms with E-state index in [0.29, 0.717) is 0 Å². The van der Waals surface area contributed by atoms with Crippen molar-refractivity contribution in [1.29, 1.82) is 0 Å². The summed E-state index contributed by atoms with van der Waals surface area (Å²) < 4.78 is 21.5. The predicted octanol–water partition coefficient (Wildman–Crippen LogP) is 2.28. The van der Waals surface area contributed by atoms with E-state index in [4.69, 9.17) is 24.1 Å². The number of carboxylic acids is 1. The quantitative estimate of drug-likeness (QED) is 0.462. The van der Waals surface area contributed by atoms with Crippen molar-refractivity contribution in [3.8, 4) is 0 Å². The first-order valence-electron chi connectivity index (χ1n) is 7.14. The van der Waals surface area contributed by atoms with Crippen molar-refractivity contribution in [3.63, 3.8) is 0 Å². The highest BCUT2D eigenvalue weighted by molar-refractivity contribution is 5.71. The van der Waals surface area contributed by atoms with Crippen molar-refractivity contribution in [3.05, 3.63) is 0 Å². The first kappa shape index (κ1) is 19.8. The van der Waals surface area contributed by atoms with Crippen LogP contribution in [0, 0.1) is 0 Å². The second kappa shape index (κ2) is 9.70. The first-order chi connectivity index (χ1) is 9.70. The number of carboxylic acid groups (broad SMARTS) is 1. The molecule has 0 atom stereocenters. The molecule has 0 aromatic rings. The normalized spacial score (nSPS) is 12.0. The van der Waals surface area contributed by atoms with Gasteiger partial charge in [-0.2, -0.15) is 0 Å². The molecule has 7 nitrogen and oxygen atoms in total. The zero-order valence-corrected chi connectivity index (χ0v) is 13.4. The van der Waals surface area contributed by atoms with Crippen molar-refractivity contribution >= 4 is 11.9 Å². The van der Waals surface area contributed by atoms with Gasteiger partial charge in [-0.25, -0.2) is 0 Å². The van der Waals surface area contributed by atoms with Crippen molar-refractivity contribution in [1.82, 2.24) is 0 Å². The van der Waals surface area contributed by atoms with Crippen LogP contribution in [-0.2, 0) is 28.5 Å². The zero-order valence-electron chi connectivity index (χ0n) is 13.4. The molecule has 21 heavy (non-hydrogen) atoms. The van der Waals surface area contributed by atoms with E-state index >= 15 is 0 Å². The summed E-state index contributed by atoms with van der Waals surface area (Å²) >= 11 is 0. The Morgan fingerprint density at radius 1 is 1.05 bits per heavy atom. The minimum absolute atomic E-state index is 0.0516. The van der Waals surface area contributed by atoms with Crippen molar-refractivity contribution in [2.75, 3.05) is 6.61 Å². The van der Waals surface area contributed by atoms with Gasteiger partial charge in [-0.05, 0) is 41.0 Å². The van der Waals surface area contributed by atoms with Gasteiger partial charge in [0.2, 0.25) is 0 Å². The van der Waals surface area contributed by atoms with Crippen LogP contribution in [0.25, 0.3) is 0 Å². The number of carbonyl (C=O) groups is 2. The minimum Gasteiger partial charge on any atom is -0.481 e. The Hall–Kier alpha value is -1.18. The third kappa shape index (κ3) is 9.38. The molecule has 124 valence electrons. The van der Waals surface area contributed by atoms with E-state index in [1.165, 1.54) is 0 Å². The van der Waals surface area contributed by atoms with E-state index in [2.05, 4.69) is 0 Å². The van der Waals surface area contributed by atoms with Gasteiger partial charge in [0.1, 0.15) is 0 Å². The average Bonchev–Trinajstić information content (AvgIpc) is 2.25. The maximum Gasteiger partial charge on any atom is 0.463 e. The van der Waals surface area contributed by atoms with Gasteiger partial charge in [-0.3, -0.25) is 23.8 Å². The number of carbonyl (C=O) groups excluding carboxylic acids is 1. The maximum absolute atomic E-state index is 11.8. The molecule has 0 aliphatic heterocycles. The van der Waals surface area contributed by atoms with Gasteiger partial charge in [0.05, 0.1) is 18.8 Å². The van der Waals surface area contributed by atoms with Crippen LogP contribution in [0.15, 0.2) is 0 Å². The SMILES string of the molecule is CCOC(OC(=O)CCCC(=O)O)(OC(C)C)OC(C)C. The Bertz CT molecular complexity index is 315. The van der Waals surface area contributed by atoms with Crippen LogP contribution in [0.5, 0.6) is 0 Å². The second-order valence-electron chi connectivity index (χ2n) is 4.99. The summed E-state index contributed by atoms with van der Waals surface area (Å²) in [5, 5.41) is 8.55. The summed E-state index contributed by atoms with van der Waals surface area (Å²) in [5.41, 5.74) is 0. The Morgan fingerprint density at radius 3 is 1.95 bits per heavy atom. The van der Waals surface area contributed by atoms with Crippen molar-refractivity contribution in [2.24, 2.45) is 0 Å². The Balaban J connectivity index is 4.75. The van der Waals surface area contributed by atoms with Crippen LogP contribution < -0.4 is 0 Å². The Kier molecular flexibility index (Phi) is 9.16. The summed E-state index contributed by atoms with van der Waals surface area (Å²) in [6, 6.07) is 0. The fourth-order valence-corrected chi connectivity index (χ4v) is 1.50. The molecule has 0 amide bonds. The lowest BCUT2D eigenvalue weighted by molar-refractivity contribution is -0.496. The molecule has 0 saturated heterocycles. The van der Waals surface area contributed by atoms with Crippen LogP contribution in [0.2, 0.25) is 0 Å². The molecule has 0 radical (unpaired) electrons. The van der Waals surface area contributed by atoms with E-state index in [9.17, 15) is 9.59 Å². The van der Waals surface area contributed by atoms with Crippen LogP contribution in [-0.4, -0.2) is 42.0 Å². The van der Waals surface area contributed by atoms with Crippen LogP contribution in [0.4, 0.5) is 0 Å². The standard InChI is InChI=1S/C14H26O7/c1-6-18-14(19-10(2)3,20-11(4)5)21-13(17)9-7-8-12(15)16/h10-11H,6-9H2,1-5H3,(H,15,16). The van der Waals surface area contributed by atoms with Gasteiger partial charge in [-0.1, -0.05) is 0 Å². The highest BCUT2D eigenvalue weighted by atomic mass is 17.0. The molecular formula is C14H26O7. The molecule has 0 aliphatic carbocycles. The largest absolute Gasteiger partial charge is 0.481 e. The maximum atomic E-state index is 11.8. The monoisotopic (exact) mass is 306 g/mol. The molecule has 0 saturated carbocycles. The molecule has 0 spiro atoms. The van der Waals surface area contributed by atoms with E-state index in [1.54, 1.807) is 34.6 Å². The fraction of sp³-hybridized carbons (Fsp3) is 0.857. The third-order valence-corrected chi connectivity index (χ3v) is 2.09. The van der Waals surface area contributed by atoms with E-state index in [1.807, 2.05) is 0 Å². The van der Waals surface area contributed by atoms with E-state index < -0.39 is 18.1 Å². The van der Waals surface area contributed by atoms with Gasteiger partial charge >= 0.3 is 18.1 Å². The molecule has 0 heterocycles. The van der Waals surface area contributed by atoms with E-state index in [0.717, 1.165) is 0 Å². The lowest BCUT2D eigenvalue weighted by Crippen LogP contribution is -2.47. The number of hydrogen-bond donors (Lipinski definition) is 1. The molecule has 0 bridgehead atoms. The molecule has 0 rings (SSSR count). The Labute approximate surface area is 125 Å². The van der Waals surface area contributed by atoms with E-state index in [-0.39, 0.29) is 38.1 Å². The van der Waals surface area contributed by atoms with Crippen LogP contribution in [0.1, 0.15) is 53.9 Å². The highest BCUT2D eigenvalue weighted by Crippen LogP contribution is 2.23. The molecule has 7 heteroatoms. The lowest BCUT2D eigenvalue weighted by Gasteiger charge is -2.33. The van der Waals surface area contributed by atoms with Gasteiger partial charge < -0.3 is 9.84 Å². The zero-order chi connectivity index (χ0) is 16.5. The van der Waals surface area contributed by atoms with Crippen LogP contribution in [0.3, 0.4) is 0 Å². The summed E-state index contributed by atoms with van der Waals surface area (Å²) in [6.07, 6.45) is -2.45. The number of hydrogen-bond acceptors (Lipinski definition) is 6. The summed E-state index contributed by atoms with van der Waals surface area (Å²) in [4.78, 5) is 22.3. The van der Waals surface area contributed by atoms with Crippen LogP contribution >= 0.6 is 0 Å². The third-order valence-electron chi connectivity index (χ3n) is 2.09. The molecule has 0 aliphatic rings. The number of rotatable bonds is 11. The number of aliphatic carboxylic acids is 1. The summed E-state index contributed by atoms with van der Waals surface area (Å²) in [6.45, 7) is 8.99. The topological polar surface area (TPSA) is 91.3 Å². The van der Waals surface area contributed by atoms with Crippen molar-refractivity contribution in [2.45, 2.75) is 72.2 Å². The van der Waals surface area contributed by atoms with Gasteiger partial charge in [0, 0.05) is 12.8 Å². The number of esters is 1. The molecule has 0 fully saturated rings. The first-order valence-corrected chi connectivity index (χ1v) is 7.14. The summed E-state index contributed by atoms with van der Waals surface area (Å²) in [7, 11) is 0. The highest BCUT2D eigenvalue weighted by Gasteiger charge is 2.41. The van der Waals surface area contributed by atoms with Gasteiger partial charge in [0.25, 0.3) is 0 Å². The predicted molar refractivity (Wildman–Crippen MR) is 74.4 cm³/mol. The molecule has 0 unspecified atom stereocenters. The fourth-order valence-electron chi connectivity index (χ4n) is 1.50. The minimum atomic E-state index is -1.89. The smallest absolute Gasteiger partial charge is 0.463 e. The molecule has 0 aromatic heterocycles. The number of ether oxygens (including phenoxy) is 4. The lowest BCUT2D eigenvalue weighted by atomic mass is 10.2. The average molecular weight is 306 g/mol. The van der Waals surface area contributed by atoms with Crippen molar-refractivity contribution < 1.29 is 33.6 Å². The van der Waals surface area contributed by atoms with Gasteiger partial charge in [0.15, 0.2) is 0 Å². The molecule has 0 aromatic carbocycles. The van der Waals surface area contributed by atoms with Gasteiger partial charge in [-0.15, -0.1) is 0 Å². The Morgan fingerprint density at radius 2 is 1.57 bits per heavy atom. The second-order valence-corrected chi connectivity index (χ2v) is 4.99. The molecule has 1 N–H and O–H groups in total.